The molecule has 0 spiro atoms. The molecule has 4 nitrogen and oxygen atoms in total. The zero-order valence-corrected chi connectivity index (χ0v) is 11.9. The molecule has 0 amide bonds. The number of ether oxygens (including phenoxy) is 1. The molecule has 2 heterocycles. The van der Waals surface area contributed by atoms with Crippen molar-refractivity contribution in [2.45, 2.75) is 10.3 Å². The molecule has 1 atom stereocenters. The molecule has 1 aromatic heterocycles. The normalized spacial score (nSPS) is 22.8. The molecule has 1 aliphatic rings. The summed E-state index contributed by atoms with van der Waals surface area (Å²) in [7, 11) is -3.50. The maximum atomic E-state index is 12.3. The fourth-order valence-corrected chi connectivity index (χ4v) is 5.17. The molecule has 1 unspecified atom stereocenters. The first kappa shape index (κ1) is 13.6. The average Bonchev–Trinajstić information content (AvgIpc) is 2.76. The summed E-state index contributed by atoms with van der Waals surface area (Å²) >= 11 is 12.6. The Bertz CT molecular complexity index is 488. The lowest BCUT2D eigenvalue weighted by Gasteiger charge is -2.32. The predicted octanol–water partition coefficient (Wildman–Crippen LogP) is 2.03. The largest absolute Gasteiger partial charge is 0.378 e. The number of hydrogen-bond donors (Lipinski definition) is 0. The van der Waals surface area contributed by atoms with Crippen LogP contribution in [0.25, 0.3) is 0 Å². The SMILES string of the molecule is O=S(=O)(c1ccc(Cl)s1)N1CCOCC1CCl. The Kier molecular flexibility index (Phi) is 4.33. The third kappa shape index (κ3) is 2.77. The van der Waals surface area contributed by atoms with Crippen LogP contribution in [-0.2, 0) is 14.8 Å². The van der Waals surface area contributed by atoms with Crippen LogP contribution in [0.2, 0.25) is 4.34 Å². The predicted molar refractivity (Wildman–Crippen MR) is 68.5 cm³/mol. The van der Waals surface area contributed by atoms with E-state index in [1.165, 1.54) is 10.4 Å². The topological polar surface area (TPSA) is 46.6 Å². The van der Waals surface area contributed by atoms with Crippen molar-refractivity contribution in [3.63, 3.8) is 0 Å². The van der Waals surface area contributed by atoms with E-state index >= 15 is 0 Å². The number of hydrogen-bond acceptors (Lipinski definition) is 4. The zero-order valence-electron chi connectivity index (χ0n) is 8.80. The Hall–Kier alpha value is 0.150. The van der Waals surface area contributed by atoms with E-state index in [2.05, 4.69) is 0 Å². The van der Waals surface area contributed by atoms with Crippen molar-refractivity contribution in [1.29, 1.82) is 0 Å². The first-order chi connectivity index (χ1) is 8.05. The van der Waals surface area contributed by atoms with Crippen LogP contribution in [0.1, 0.15) is 0 Å². The van der Waals surface area contributed by atoms with Crippen molar-refractivity contribution in [2.24, 2.45) is 0 Å². The number of sulfonamides is 1. The summed E-state index contributed by atoms with van der Waals surface area (Å²) in [6.45, 7) is 1.06. The summed E-state index contributed by atoms with van der Waals surface area (Å²) < 4.78 is 32.0. The van der Waals surface area contributed by atoms with E-state index in [4.69, 9.17) is 27.9 Å². The Balaban J connectivity index is 2.30. The van der Waals surface area contributed by atoms with Crippen LogP contribution in [0.3, 0.4) is 0 Å². The van der Waals surface area contributed by atoms with Crippen molar-refractivity contribution in [3.05, 3.63) is 16.5 Å². The Morgan fingerprint density at radius 3 is 2.88 bits per heavy atom. The second kappa shape index (κ2) is 5.42. The molecule has 17 heavy (non-hydrogen) atoms. The van der Waals surface area contributed by atoms with Gasteiger partial charge in [-0.2, -0.15) is 4.31 Å². The van der Waals surface area contributed by atoms with Gasteiger partial charge < -0.3 is 4.74 Å². The van der Waals surface area contributed by atoms with Gasteiger partial charge in [-0.05, 0) is 12.1 Å². The summed E-state index contributed by atoms with van der Waals surface area (Å²) in [4.78, 5) is 0. The highest BCUT2D eigenvalue weighted by Gasteiger charge is 2.34. The molecule has 8 heteroatoms. The molecule has 2 rings (SSSR count). The molecule has 0 saturated carbocycles. The van der Waals surface area contributed by atoms with Gasteiger partial charge in [0.15, 0.2) is 0 Å². The number of morpholine rings is 1. The van der Waals surface area contributed by atoms with E-state index < -0.39 is 10.0 Å². The number of nitrogens with zero attached hydrogens (tertiary/aromatic N) is 1. The second-order valence-electron chi connectivity index (χ2n) is 3.56. The van der Waals surface area contributed by atoms with Gasteiger partial charge in [0, 0.05) is 12.4 Å². The lowest BCUT2D eigenvalue weighted by molar-refractivity contribution is 0.0405. The maximum Gasteiger partial charge on any atom is 0.253 e. The minimum absolute atomic E-state index is 0.221. The second-order valence-corrected chi connectivity index (χ2v) is 7.70. The monoisotopic (exact) mass is 315 g/mol. The van der Waals surface area contributed by atoms with Crippen molar-refractivity contribution < 1.29 is 13.2 Å². The van der Waals surface area contributed by atoms with Gasteiger partial charge in [-0.1, -0.05) is 11.6 Å². The van der Waals surface area contributed by atoms with E-state index in [0.29, 0.717) is 24.1 Å². The Labute approximate surface area is 114 Å². The van der Waals surface area contributed by atoms with Gasteiger partial charge in [0.05, 0.1) is 23.6 Å². The fourth-order valence-electron chi connectivity index (χ4n) is 1.63. The number of thiophene rings is 1. The summed E-state index contributed by atoms with van der Waals surface area (Å²) in [5.41, 5.74) is 0. The van der Waals surface area contributed by atoms with Crippen LogP contribution in [0.15, 0.2) is 16.3 Å². The quantitative estimate of drug-likeness (QED) is 0.802. The average molecular weight is 316 g/mol. The lowest BCUT2D eigenvalue weighted by atomic mass is 10.3. The van der Waals surface area contributed by atoms with Crippen molar-refractivity contribution >= 4 is 44.6 Å². The molecule has 0 aliphatic carbocycles. The van der Waals surface area contributed by atoms with Gasteiger partial charge in [0.25, 0.3) is 10.0 Å². The maximum absolute atomic E-state index is 12.3. The van der Waals surface area contributed by atoms with Crippen molar-refractivity contribution in [2.75, 3.05) is 25.6 Å². The van der Waals surface area contributed by atoms with Gasteiger partial charge >= 0.3 is 0 Å². The van der Waals surface area contributed by atoms with Gasteiger partial charge in [0.2, 0.25) is 0 Å². The van der Waals surface area contributed by atoms with Crippen LogP contribution in [0.5, 0.6) is 0 Å². The summed E-state index contributed by atoms with van der Waals surface area (Å²) in [6, 6.07) is 2.79. The molecule has 0 aromatic carbocycles. The lowest BCUT2D eigenvalue weighted by Crippen LogP contribution is -2.49. The zero-order chi connectivity index (χ0) is 12.5. The van der Waals surface area contributed by atoms with Gasteiger partial charge in [-0.25, -0.2) is 8.42 Å². The van der Waals surface area contributed by atoms with Gasteiger partial charge in [-0.15, -0.1) is 22.9 Å². The van der Waals surface area contributed by atoms with E-state index in [9.17, 15) is 8.42 Å². The van der Waals surface area contributed by atoms with E-state index in [-0.39, 0.29) is 16.1 Å². The van der Waals surface area contributed by atoms with Crippen LogP contribution in [0.4, 0.5) is 0 Å². The highest BCUT2D eigenvalue weighted by atomic mass is 35.5. The molecule has 1 fully saturated rings. The summed E-state index contributed by atoms with van der Waals surface area (Å²) in [6.07, 6.45) is 0. The molecule has 0 radical (unpaired) electrons. The minimum Gasteiger partial charge on any atom is -0.378 e. The fraction of sp³-hybridized carbons (Fsp3) is 0.556. The van der Waals surface area contributed by atoms with E-state index in [1.54, 1.807) is 6.07 Å². The summed E-state index contributed by atoms with van der Waals surface area (Å²) in [5, 5.41) is 0. The highest BCUT2D eigenvalue weighted by Crippen LogP contribution is 2.29. The summed E-state index contributed by atoms with van der Waals surface area (Å²) in [5.74, 6) is 0.221. The number of alkyl halides is 1. The minimum atomic E-state index is -3.50. The Morgan fingerprint density at radius 1 is 1.53 bits per heavy atom. The first-order valence-corrected chi connectivity index (χ1v) is 8.13. The molecular formula is C9H11Cl2NO3S2. The smallest absolute Gasteiger partial charge is 0.253 e. The molecule has 0 bridgehead atoms. The number of rotatable bonds is 3. The molecule has 96 valence electrons. The van der Waals surface area contributed by atoms with E-state index in [0.717, 1.165) is 11.3 Å². The molecule has 0 N–H and O–H groups in total. The molecule has 1 aliphatic heterocycles. The highest BCUT2D eigenvalue weighted by molar-refractivity contribution is 7.91. The van der Waals surface area contributed by atoms with Crippen LogP contribution in [-0.4, -0.2) is 44.4 Å². The molecular weight excluding hydrogens is 305 g/mol. The van der Waals surface area contributed by atoms with Crippen LogP contribution >= 0.6 is 34.5 Å². The van der Waals surface area contributed by atoms with Crippen molar-refractivity contribution in [1.82, 2.24) is 4.31 Å². The first-order valence-electron chi connectivity index (χ1n) is 4.96. The van der Waals surface area contributed by atoms with Crippen LogP contribution in [0, 0.1) is 0 Å². The molecule has 1 aromatic rings. The third-order valence-corrected chi connectivity index (χ3v) is 6.47. The molecule has 1 saturated heterocycles. The number of halogens is 2. The third-order valence-electron chi connectivity index (χ3n) is 2.46. The Morgan fingerprint density at radius 2 is 2.29 bits per heavy atom. The van der Waals surface area contributed by atoms with Gasteiger partial charge in [-0.3, -0.25) is 0 Å². The van der Waals surface area contributed by atoms with Crippen LogP contribution < -0.4 is 0 Å². The standard InChI is InChI=1S/C9H11Cl2NO3S2/c10-5-7-6-15-4-3-12(7)17(13,14)9-2-1-8(11)16-9/h1-2,7H,3-6H2. The van der Waals surface area contributed by atoms with Gasteiger partial charge in [0.1, 0.15) is 4.21 Å². The van der Waals surface area contributed by atoms with E-state index in [1.807, 2.05) is 0 Å². The van der Waals surface area contributed by atoms with Crippen molar-refractivity contribution in [3.8, 4) is 0 Å².